The number of nitrogens with zero attached hydrogens (tertiary/aromatic N) is 3. The average molecular weight is 427 g/mol. The van der Waals surface area contributed by atoms with Gasteiger partial charge in [-0.15, -0.1) is 0 Å². The second kappa shape index (κ2) is 9.30. The van der Waals surface area contributed by atoms with Crippen LogP contribution in [0.3, 0.4) is 0 Å². The number of benzene rings is 2. The molecule has 1 N–H and O–H groups in total. The predicted molar refractivity (Wildman–Crippen MR) is 122 cm³/mol. The molecule has 1 atom stereocenters. The van der Waals surface area contributed by atoms with Crippen molar-refractivity contribution in [2.45, 2.75) is 39.7 Å². The fraction of sp³-hybridized carbons (Fsp3) is 0.348. The average Bonchev–Trinajstić information content (AvgIpc) is 2.73. The van der Waals surface area contributed by atoms with Crippen LogP contribution in [0.2, 0.25) is 5.02 Å². The number of fused-ring (bicyclic) bond motifs is 1. The van der Waals surface area contributed by atoms with Crippen molar-refractivity contribution in [1.29, 1.82) is 0 Å². The van der Waals surface area contributed by atoms with E-state index in [1.165, 1.54) is 4.57 Å². The summed E-state index contributed by atoms with van der Waals surface area (Å²) < 4.78 is 1.50. The van der Waals surface area contributed by atoms with Crippen LogP contribution < -0.4 is 10.9 Å². The van der Waals surface area contributed by atoms with Gasteiger partial charge in [-0.05, 0) is 50.6 Å². The summed E-state index contributed by atoms with van der Waals surface area (Å²) in [4.78, 5) is 32.4. The van der Waals surface area contributed by atoms with Crippen LogP contribution in [0.1, 0.15) is 44.1 Å². The summed E-state index contributed by atoms with van der Waals surface area (Å²) in [7, 11) is 1.68. The minimum absolute atomic E-state index is 0.182. The topological polar surface area (TPSA) is 67.2 Å². The Morgan fingerprint density at radius 3 is 2.60 bits per heavy atom. The van der Waals surface area contributed by atoms with E-state index in [0.29, 0.717) is 28.3 Å². The molecule has 0 aliphatic heterocycles. The van der Waals surface area contributed by atoms with Gasteiger partial charge in [0.15, 0.2) is 0 Å². The van der Waals surface area contributed by atoms with Gasteiger partial charge in [0.05, 0.1) is 16.9 Å². The molecule has 1 heterocycles. The molecule has 0 aliphatic carbocycles. The van der Waals surface area contributed by atoms with E-state index in [1.807, 2.05) is 38.1 Å². The Morgan fingerprint density at radius 1 is 1.23 bits per heavy atom. The number of unbranched alkanes of at least 4 members (excludes halogenated alkanes) is 1. The molecule has 30 heavy (non-hydrogen) atoms. The fourth-order valence-electron chi connectivity index (χ4n) is 3.40. The number of carbonyl (C=O) groups excluding carboxylic acids is 1. The molecule has 0 spiro atoms. The quantitative estimate of drug-likeness (QED) is 0.582. The normalized spacial score (nSPS) is 12.0. The molecule has 0 saturated carbocycles. The Balaban J connectivity index is 1.96. The lowest BCUT2D eigenvalue weighted by Gasteiger charge is -2.30. The molecule has 158 valence electrons. The number of rotatable bonds is 6. The number of aryl methyl sites for hydroxylation is 1. The lowest BCUT2D eigenvalue weighted by molar-refractivity contribution is 0.187. The van der Waals surface area contributed by atoms with E-state index in [0.717, 1.165) is 24.1 Å². The summed E-state index contributed by atoms with van der Waals surface area (Å²) in [6.45, 7) is 6.53. The van der Waals surface area contributed by atoms with Gasteiger partial charge >= 0.3 is 6.03 Å². The Kier molecular flexibility index (Phi) is 6.77. The maximum absolute atomic E-state index is 13.1. The first kappa shape index (κ1) is 21.8. The summed E-state index contributed by atoms with van der Waals surface area (Å²) in [6.07, 6.45) is 1.80. The van der Waals surface area contributed by atoms with Crippen LogP contribution in [0.15, 0.2) is 47.3 Å². The molecule has 7 heteroatoms. The van der Waals surface area contributed by atoms with E-state index in [1.54, 1.807) is 30.1 Å². The van der Waals surface area contributed by atoms with Gasteiger partial charge in [0.1, 0.15) is 5.82 Å². The van der Waals surface area contributed by atoms with Gasteiger partial charge in [-0.25, -0.2) is 9.78 Å². The lowest BCUT2D eigenvalue weighted by Crippen LogP contribution is -2.40. The van der Waals surface area contributed by atoms with E-state index in [2.05, 4.69) is 17.2 Å². The molecule has 1 unspecified atom stereocenters. The molecule has 6 nitrogen and oxygen atoms in total. The van der Waals surface area contributed by atoms with E-state index < -0.39 is 0 Å². The molecule has 3 aromatic rings. The third-order valence-electron chi connectivity index (χ3n) is 5.23. The predicted octanol–water partition coefficient (Wildman–Crippen LogP) is 5.29. The molecule has 0 aliphatic rings. The second-order valence-electron chi connectivity index (χ2n) is 7.51. The highest BCUT2D eigenvalue weighted by molar-refractivity contribution is 6.31. The minimum Gasteiger partial charge on any atom is -0.315 e. The van der Waals surface area contributed by atoms with Crippen molar-refractivity contribution in [1.82, 2.24) is 14.5 Å². The van der Waals surface area contributed by atoms with Gasteiger partial charge in [0.25, 0.3) is 5.56 Å². The van der Waals surface area contributed by atoms with Crippen molar-refractivity contribution < 1.29 is 4.79 Å². The lowest BCUT2D eigenvalue weighted by atomic mass is 10.2. The molecular formula is C23H27ClN4O2. The van der Waals surface area contributed by atoms with Crippen LogP contribution in [0.4, 0.5) is 10.5 Å². The number of hydrogen-bond donors (Lipinski definition) is 1. The van der Waals surface area contributed by atoms with E-state index in [-0.39, 0.29) is 17.6 Å². The van der Waals surface area contributed by atoms with Gasteiger partial charge in [-0.1, -0.05) is 42.6 Å². The van der Waals surface area contributed by atoms with Crippen molar-refractivity contribution in [3.63, 3.8) is 0 Å². The third-order valence-corrected chi connectivity index (χ3v) is 5.46. The highest BCUT2D eigenvalue weighted by Gasteiger charge is 2.25. The van der Waals surface area contributed by atoms with Crippen LogP contribution in [0, 0.1) is 6.92 Å². The van der Waals surface area contributed by atoms with E-state index in [4.69, 9.17) is 11.6 Å². The van der Waals surface area contributed by atoms with Crippen molar-refractivity contribution in [3.8, 4) is 0 Å². The standard InChI is InChI=1S/C23H27ClN4O2/c1-5-6-13-28(23(30)25-18-10-7-15(2)8-11-18)16(3)21-26-20-12-9-17(24)14-19(20)22(29)27(21)4/h7-12,14,16H,5-6,13H2,1-4H3,(H,25,30). The first-order valence-electron chi connectivity index (χ1n) is 10.1. The Hall–Kier alpha value is -2.86. The summed E-state index contributed by atoms with van der Waals surface area (Å²) in [6, 6.07) is 12.1. The van der Waals surface area contributed by atoms with Crippen LogP contribution in [0.5, 0.6) is 0 Å². The number of halogens is 1. The number of carbonyl (C=O) groups is 1. The van der Waals surface area contributed by atoms with Crippen molar-refractivity contribution >= 4 is 34.2 Å². The van der Waals surface area contributed by atoms with E-state index >= 15 is 0 Å². The first-order chi connectivity index (χ1) is 14.3. The summed E-state index contributed by atoms with van der Waals surface area (Å²) in [5.74, 6) is 0.532. The number of amides is 2. The van der Waals surface area contributed by atoms with Crippen LogP contribution in [0.25, 0.3) is 10.9 Å². The summed E-state index contributed by atoms with van der Waals surface area (Å²) >= 11 is 6.04. The van der Waals surface area contributed by atoms with Gasteiger partial charge in [-0.2, -0.15) is 0 Å². The largest absolute Gasteiger partial charge is 0.322 e. The van der Waals surface area contributed by atoms with E-state index in [9.17, 15) is 9.59 Å². The molecule has 0 bridgehead atoms. The molecule has 3 rings (SSSR count). The number of aromatic nitrogens is 2. The number of anilines is 1. The van der Waals surface area contributed by atoms with Crippen molar-refractivity contribution in [3.05, 3.63) is 69.2 Å². The van der Waals surface area contributed by atoms with Crippen LogP contribution in [-0.2, 0) is 7.05 Å². The fourth-order valence-corrected chi connectivity index (χ4v) is 3.58. The SMILES string of the molecule is CCCCN(C(=O)Nc1ccc(C)cc1)C(C)c1nc2ccc(Cl)cc2c(=O)n1C. The maximum Gasteiger partial charge on any atom is 0.322 e. The molecular weight excluding hydrogens is 400 g/mol. The second-order valence-corrected chi connectivity index (χ2v) is 7.95. The summed E-state index contributed by atoms with van der Waals surface area (Å²) in [5, 5.41) is 3.92. The number of hydrogen-bond acceptors (Lipinski definition) is 3. The van der Waals surface area contributed by atoms with Crippen LogP contribution in [-0.4, -0.2) is 27.0 Å². The highest BCUT2D eigenvalue weighted by Crippen LogP contribution is 2.23. The smallest absolute Gasteiger partial charge is 0.315 e. The molecule has 0 saturated heterocycles. The summed E-state index contributed by atoms with van der Waals surface area (Å²) in [5.41, 5.74) is 2.24. The molecule has 0 radical (unpaired) electrons. The highest BCUT2D eigenvalue weighted by atomic mass is 35.5. The van der Waals surface area contributed by atoms with Gasteiger partial charge in [0, 0.05) is 24.3 Å². The maximum atomic E-state index is 13.1. The zero-order valence-electron chi connectivity index (χ0n) is 17.8. The number of nitrogens with one attached hydrogen (secondary N) is 1. The van der Waals surface area contributed by atoms with Gasteiger partial charge < -0.3 is 10.2 Å². The zero-order chi connectivity index (χ0) is 21.8. The van der Waals surface area contributed by atoms with Gasteiger partial charge in [0.2, 0.25) is 0 Å². The van der Waals surface area contributed by atoms with Crippen molar-refractivity contribution in [2.24, 2.45) is 7.05 Å². The molecule has 2 amide bonds. The zero-order valence-corrected chi connectivity index (χ0v) is 18.5. The first-order valence-corrected chi connectivity index (χ1v) is 10.5. The Bertz CT molecular complexity index is 1110. The molecule has 2 aromatic carbocycles. The monoisotopic (exact) mass is 426 g/mol. The number of urea groups is 1. The minimum atomic E-state index is -0.389. The Labute approximate surface area is 181 Å². The molecule has 0 fully saturated rings. The molecule has 1 aromatic heterocycles. The van der Waals surface area contributed by atoms with Crippen molar-refractivity contribution in [2.75, 3.05) is 11.9 Å². The Morgan fingerprint density at radius 2 is 1.93 bits per heavy atom. The van der Waals surface area contributed by atoms with Gasteiger partial charge in [-0.3, -0.25) is 9.36 Å². The third kappa shape index (κ3) is 4.65. The van der Waals surface area contributed by atoms with Crippen LogP contribution >= 0.6 is 11.6 Å².